The molecule has 0 radical (unpaired) electrons. The normalized spacial score (nSPS) is 10.3. The molecule has 0 aliphatic rings. The van der Waals surface area contributed by atoms with Gasteiger partial charge in [-0.3, -0.25) is 4.98 Å². The maximum atomic E-state index is 12.6. The molecule has 80 valence electrons. The highest BCUT2D eigenvalue weighted by molar-refractivity contribution is 5.51. The Kier molecular flexibility index (Phi) is 3.52. The van der Waals surface area contributed by atoms with Gasteiger partial charge in [-0.1, -0.05) is 0 Å². The maximum absolute atomic E-state index is 12.6. The largest absolute Gasteiger partial charge is 0.398 e. The predicted molar refractivity (Wildman–Crippen MR) is 50.8 cm³/mol. The first-order chi connectivity index (χ1) is 7.10. The molecule has 0 spiro atoms. The summed E-state index contributed by atoms with van der Waals surface area (Å²) in [5.74, 6) is 0. The van der Waals surface area contributed by atoms with Crippen LogP contribution < -0.4 is 11.5 Å². The summed E-state index contributed by atoms with van der Waals surface area (Å²) in [6, 6.07) is 3.19. The van der Waals surface area contributed by atoms with Crippen molar-refractivity contribution in [3.8, 4) is 6.07 Å². The fraction of sp³-hybridized carbons (Fsp3) is 0.333. The summed E-state index contributed by atoms with van der Waals surface area (Å²) in [4.78, 5) is 3.66. The van der Waals surface area contributed by atoms with Crippen LogP contribution >= 0.6 is 0 Å². The second-order valence-corrected chi connectivity index (χ2v) is 2.91. The number of halogens is 2. The number of nitrogen functional groups attached to an aromatic ring is 1. The van der Waals surface area contributed by atoms with E-state index in [2.05, 4.69) is 4.98 Å². The first-order valence-corrected chi connectivity index (χ1v) is 4.23. The lowest BCUT2D eigenvalue weighted by Crippen LogP contribution is -2.09. The van der Waals surface area contributed by atoms with Gasteiger partial charge in [0.1, 0.15) is 5.69 Å². The van der Waals surface area contributed by atoms with E-state index in [1.54, 1.807) is 6.07 Å². The molecule has 4 nitrogen and oxygen atoms in total. The molecule has 0 bridgehead atoms. The Bertz CT molecular complexity index is 398. The second kappa shape index (κ2) is 4.66. The zero-order valence-corrected chi connectivity index (χ0v) is 7.87. The summed E-state index contributed by atoms with van der Waals surface area (Å²) >= 11 is 0. The van der Waals surface area contributed by atoms with Crippen molar-refractivity contribution in [2.45, 2.75) is 19.4 Å². The Hall–Kier alpha value is -1.74. The van der Waals surface area contributed by atoms with Gasteiger partial charge in [0, 0.05) is 17.8 Å². The fourth-order valence-corrected chi connectivity index (χ4v) is 1.23. The molecule has 0 unspecified atom stereocenters. The maximum Gasteiger partial charge on any atom is 0.280 e. The van der Waals surface area contributed by atoms with Gasteiger partial charge >= 0.3 is 0 Å². The van der Waals surface area contributed by atoms with Crippen LogP contribution in [-0.4, -0.2) is 4.98 Å². The van der Waals surface area contributed by atoms with Crippen LogP contribution in [0, 0.1) is 11.3 Å². The molecular weight excluding hydrogens is 202 g/mol. The third kappa shape index (κ3) is 2.39. The van der Waals surface area contributed by atoms with Gasteiger partial charge in [0.05, 0.1) is 18.2 Å². The van der Waals surface area contributed by atoms with Crippen LogP contribution in [0.3, 0.4) is 0 Å². The number of nitriles is 1. The van der Waals surface area contributed by atoms with Crippen molar-refractivity contribution in [1.29, 1.82) is 5.26 Å². The van der Waals surface area contributed by atoms with Crippen molar-refractivity contribution < 1.29 is 8.78 Å². The van der Waals surface area contributed by atoms with E-state index < -0.39 is 12.1 Å². The average molecular weight is 212 g/mol. The SMILES string of the molecule is N#CCc1c(N)cc(CN)nc1C(F)F. The van der Waals surface area contributed by atoms with Crippen molar-refractivity contribution in [3.05, 3.63) is 23.0 Å². The predicted octanol–water partition coefficient (Wildman–Crippen LogP) is 1.13. The minimum absolute atomic E-state index is 0.0384. The van der Waals surface area contributed by atoms with Crippen LogP contribution in [0.15, 0.2) is 6.07 Å². The highest BCUT2D eigenvalue weighted by Crippen LogP contribution is 2.26. The smallest absolute Gasteiger partial charge is 0.280 e. The van der Waals surface area contributed by atoms with Crippen LogP contribution in [0.1, 0.15) is 23.4 Å². The van der Waals surface area contributed by atoms with E-state index in [0.717, 1.165) is 0 Å². The minimum atomic E-state index is -2.75. The van der Waals surface area contributed by atoms with E-state index in [1.165, 1.54) is 6.07 Å². The topological polar surface area (TPSA) is 88.7 Å². The summed E-state index contributed by atoms with van der Waals surface area (Å²) in [5, 5.41) is 8.47. The minimum Gasteiger partial charge on any atom is -0.398 e. The Labute approximate surface area is 85.5 Å². The van der Waals surface area contributed by atoms with Gasteiger partial charge < -0.3 is 11.5 Å². The first kappa shape index (κ1) is 11.3. The Morgan fingerprint density at radius 3 is 2.67 bits per heavy atom. The second-order valence-electron chi connectivity index (χ2n) is 2.91. The number of hydrogen-bond acceptors (Lipinski definition) is 4. The first-order valence-electron chi connectivity index (χ1n) is 4.23. The van der Waals surface area contributed by atoms with E-state index in [-0.39, 0.29) is 24.2 Å². The van der Waals surface area contributed by atoms with Gasteiger partial charge in [-0.15, -0.1) is 0 Å². The zero-order chi connectivity index (χ0) is 11.4. The van der Waals surface area contributed by atoms with Crippen molar-refractivity contribution >= 4 is 5.69 Å². The fourth-order valence-electron chi connectivity index (χ4n) is 1.23. The molecule has 15 heavy (non-hydrogen) atoms. The Morgan fingerprint density at radius 2 is 2.20 bits per heavy atom. The summed E-state index contributed by atoms with van der Waals surface area (Å²) < 4.78 is 25.2. The van der Waals surface area contributed by atoms with Crippen LogP contribution in [0.2, 0.25) is 0 Å². The summed E-state index contributed by atoms with van der Waals surface area (Å²) in [6.45, 7) is 0.0384. The lowest BCUT2D eigenvalue weighted by atomic mass is 10.1. The molecule has 1 aromatic heterocycles. The number of rotatable bonds is 3. The summed E-state index contributed by atoms with van der Waals surface area (Å²) in [7, 11) is 0. The Balaban J connectivity index is 3.30. The van der Waals surface area contributed by atoms with Crippen LogP contribution in [0.4, 0.5) is 14.5 Å². The molecule has 0 atom stereocenters. The average Bonchev–Trinajstić information content (AvgIpc) is 2.20. The monoisotopic (exact) mass is 212 g/mol. The molecule has 4 N–H and O–H groups in total. The van der Waals surface area contributed by atoms with E-state index in [9.17, 15) is 8.78 Å². The number of aromatic nitrogens is 1. The van der Waals surface area contributed by atoms with Crippen molar-refractivity contribution in [1.82, 2.24) is 4.98 Å². The third-order valence-electron chi connectivity index (χ3n) is 1.92. The van der Waals surface area contributed by atoms with Crippen LogP contribution in [0.25, 0.3) is 0 Å². The van der Waals surface area contributed by atoms with Crippen molar-refractivity contribution in [3.63, 3.8) is 0 Å². The number of nitrogens with zero attached hydrogens (tertiary/aromatic N) is 2. The molecule has 6 heteroatoms. The molecule has 1 aromatic rings. The van der Waals surface area contributed by atoms with Crippen LogP contribution in [0.5, 0.6) is 0 Å². The van der Waals surface area contributed by atoms with E-state index in [1.807, 2.05) is 0 Å². The van der Waals surface area contributed by atoms with Crippen molar-refractivity contribution in [2.75, 3.05) is 5.73 Å². The number of anilines is 1. The number of nitrogens with two attached hydrogens (primary N) is 2. The molecule has 0 fully saturated rings. The lowest BCUT2D eigenvalue weighted by molar-refractivity contribution is 0.145. The summed E-state index contributed by atoms with van der Waals surface area (Å²) in [6.07, 6.45) is -2.93. The molecule has 0 aliphatic carbocycles. The van der Waals surface area contributed by atoms with E-state index in [4.69, 9.17) is 16.7 Å². The van der Waals surface area contributed by atoms with Gasteiger partial charge in [0.25, 0.3) is 6.43 Å². The molecule has 1 heterocycles. The Morgan fingerprint density at radius 1 is 1.53 bits per heavy atom. The summed E-state index contributed by atoms with van der Waals surface area (Å²) in [5.41, 5.74) is 10.9. The molecule has 0 amide bonds. The van der Waals surface area contributed by atoms with Gasteiger partial charge in [-0.2, -0.15) is 5.26 Å². The van der Waals surface area contributed by atoms with E-state index in [0.29, 0.717) is 5.69 Å². The number of hydrogen-bond donors (Lipinski definition) is 2. The van der Waals surface area contributed by atoms with Gasteiger partial charge in [0.2, 0.25) is 0 Å². The van der Waals surface area contributed by atoms with Gasteiger partial charge in [0.15, 0.2) is 0 Å². The highest BCUT2D eigenvalue weighted by atomic mass is 19.3. The lowest BCUT2D eigenvalue weighted by Gasteiger charge is -2.10. The molecular formula is C9H10F2N4. The molecule has 0 saturated heterocycles. The quantitative estimate of drug-likeness (QED) is 0.785. The van der Waals surface area contributed by atoms with Crippen molar-refractivity contribution in [2.24, 2.45) is 5.73 Å². The molecule has 0 aromatic carbocycles. The van der Waals surface area contributed by atoms with Gasteiger partial charge in [-0.25, -0.2) is 8.78 Å². The zero-order valence-electron chi connectivity index (χ0n) is 7.87. The van der Waals surface area contributed by atoms with Gasteiger partial charge in [-0.05, 0) is 6.07 Å². The molecule has 0 aliphatic heterocycles. The van der Waals surface area contributed by atoms with E-state index >= 15 is 0 Å². The standard InChI is InChI=1S/C9H10F2N4/c10-9(11)8-6(1-2-12)7(14)3-5(4-13)15-8/h3,9H,1,4,13H2,(H2,14,15). The third-order valence-corrected chi connectivity index (χ3v) is 1.92. The van der Waals surface area contributed by atoms with Crippen LogP contribution in [-0.2, 0) is 13.0 Å². The number of pyridine rings is 1. The highest BCUT2D eigenvalue weighted by Gasteiger charge is 2.18. The number of alkyl halides is 2. The molecule has 0 saturated carbocycles. The molecule has 1 rings (SSSR count).